The monoisotopic (exact) mass is 301 g/mol. The van der Waals surface area contributed by atoms with Crippen LogP contribution in [-0.2, 0) is 6.54 Å². The Hall–Kier alpha value is -1.26. The van der Waals surface area contributed by atoms with Gasteiger partial charge in [-0.1, -0.05) is 32.0 Å². The molecule has 3 rings (SSSR count). The zero-order chi connectivity index (χ0) is 14.8. The summed E-state index contributed by atoms with van der Waals surface area (Å²) in [5.41, 5.74) is 2.38. The van der Waals surface area contributed by atoms with Gasteiger partial charge in [0.15, 0.2) is 0 Å². The molecular formula is C17H23N3S. The highest BCUT2D eigenvalue weighted by Gasteiger charge is 2.25. The summed E-state index contributed by atoms with van der Waals surface area (Å²) in [4.78, 5) is 7.43. The first kappa shape index (κ1) is 14.7. The molecule has 0 aliphatic carbocycles. The summed E-state index contributed by atoms with van der Waals surface area (Å²) >= 11 is 2.08. The van der Waals surface area contributed by atoms with E-state index in [1.54, 1.807) is 0 Å². The van der Waals surface area contributed by atoms with Crippen molar-refractivity contribution >= 4 is 28.5 Å². The van der Waals surface area contributed by atoms with Gasteiger partial charge in [0.25, 0.3) is 0 Å². The van der Waals surface area contributed by atoms with Crippen molar-refractivity contribution in [2.24, 2.45) is 0 Å². The highest BCUT2D eigenvalue weighted by molar-refractivity contribution is 8.00. The summed E-state index contributed by atoms with van der Waals surface area (Å²) in [7, 11) is 2.00. The van der Waals surface area contributed by atoms with E-state index in [-0.39, 0.29) is 0 Å². The van der Waals surface area contributed by atoms with Gasteiger partial charge in [0.2, 0.25) is 0 Å². The van der Waals surface area contributed by atoms with Crippen LogP contribution in [-0.4, -0.2) is 35.6 Å². The molecule has 1 saturated heterocycles. The van der Waals surface area contributed by atoms with Crippen LogP contribution >= 0.6 is 11.8 Å². The van der Waals surface area contributed by atoms with Crippen LogP contribution in [0, 0.1) is 0 Å². The topological polar surface area (TPSA) is 28.2 Å². The number of thioether (sulfide) groups is 1. The summed E-state index contributed by atoms with van der Waals surface area (Å²) in [5, 5.41) is 5.81. The zero-order valence-corrected chi connectivity index (χ0v) is 13.8. The predicted octanol–water partition coefficient (Wildman–Crippen LogP) is 3.28. The van der Waals surface area contributed by atoms with E-state index in [0.717, 1.165) is 31.0 Å². The van der Waals surface area contributed by atoms with Crippen molar-refractivity contribution in [3.63, 3.8) is 0 Å². The van der Waals surface area contributed by atoms with Crippen LogP contribution in [0.15, 0.2) is 30.3 Å². The van der Waals surface area contributed by atoms with E-state index >= 15 is 0 Å². The maximum Gasteiger partial charge on any atom is 0.133 e. The number of nitrogens with one attached hydrogen (secondary N) is 1. The molecule has 1 aliphatic rings. The molecule has 2 aromatic rings. The fraction of sp³-hybridized carbons (Fsp3) is 0.471. The van der Waals surface area contributed by atoms with Crippen molar-refractivity contribution in [2.45, 2.75) is 30.9 Å². The number of hydrogen-bond donors (Lipinski definition) is 1. The van der Waals surface area contributed by atoms with Crippen LogP contribution in [0.3, 0.4) is 0 Å². The molecule has 1 aliphatic heterocycles. The van der Waals surface area contributed by atoms with E-state index in [9.17, 15) is 0 Å². The Morgan fingerprint density at radius 2 is 1.95 bits per heavy atom. The van der Waals surface area contributed by atoms with Gasteiger partial charge in [-0.25, -0.2) is 4.98 Å². The van der Waals surface area contributed by atoms with Crippen LogP contribution in [0.25, 0.3) is 10.9 Å². The molecule has 1 aromatic carbocycles. The van der Waals surface area contributed by atoms with E-state index < -0.39 is 0 Å². The van der Waals surface area contributed by atoms with E-state index in [2.05, 4.69) is 66.2 Å². The zero-order valence-electron chi connectivity index (χ0n) is 13.0. The molecule has 2 heterocycles. The molecule has 1 aromatic heterocycles. The van der Waals surface area contributed by atoms with E-state index in [0.29, 0.717) is 10.5 Å². The summed E-state index contributed by atoms with van der Waals surface area (Å²) < 4.78 is 0. The summed E-state index contributed by atoms with van der Waals surface area (Å²) in [6.07, 6.45) is 0. The van der Waals surface area contributed by atoms with Gasteiger partial charge in [-0.05, 0) is 19.2 Å². The average molecular weight is 301 g/mol. The van der Waals surface area contributed by atoms with E-state index in [4.69, 9.17) is 4.98 Å². The SMILES string of the molecule is CNCc1cc2ccccc2nc1N1CC(C)SC(C)C1. The number of para-hydroxylation sites is 1. The highest BCUT2D eigenvalue weighted by atomic mass is 32.2. The molecule has 4 heteroatoms. The molecule has 0 radical (unpaired) electrons. The van der Waals surface area contributed by atoms with Crippen LogP contribution in [0.1, 0.15) is 19.4 Å². The number of hydrogen-bond acceptors (Lipinski definition) is 4. The lowest BCUT2D eigenvalue weighted by Crippen LogP contribution is -2.41. The van der Waals surface area contributed by atoms with Gasteiger partial charge in [-0.3, -0.25) is 0 Å². The Kier molecular flexibility index (Phi) is 4.36. The first-order chi connectivity index (χ1) is 10.2. The predicted molar refractivity (Wildman–Crippen MR) is 93.2 cm³/mol. The van der Waals surface area contributed by atoms with Gasteiger partial charge in [-0.2, -0.15) is 11.8 Å². The molecule has 112 valence electrons. The third-order valence-corrected chi connectivity index (χ3v) is 5.09. The van der Waals surface area contributed by atoms with Gasteiger partial charge >= 0.3 is 0 Å². The molecule has 0 bridgehead atoms. The molecule has 1 fully saturated rings. The van der Waals surface area contributed by atoms with E-state index in [1.807, 2.05) is 7.05 Å². The minimum atomic E-state index is 0.657. The maximum absolute atomic E-state index is 4.96. The Morgan fingerprint density at radius 3 is 2.67 bits per heavy atom. The second-order valence-electron chi connectivity index (χ2n) is 5.86. The Balaban J connectivity index is 2.04. The van der Waals surface area contributed by atoms with Crippen molar-refractivity contribution in [3.8, 4) is 0 Å². The van der Waals surface area contributed by atoms with Crippen molar-refractivity contribution < 1.29 is 0 Å². The average Bonchev–Trinajstić information content (AvgIpc) is 2.46. The molecule has 3 nitrogen and oxygen atoms in total. The van der Waals surface area contributed by atoms with Gasteiger partial charge in [0.1, 0.15) is 5.82 Å². The number of pyridine rings is 1. The van der Waals surface area contributed by atoms with Crippen molar-refractivity contribution in [3.05, 3.63) is 35.9 Å². The first-order valence-electron chi connectivity index (χ1n) is 7.61. The van der Waals surface area contributed by atoms with Gasteiger partial charge in [0.05, 0.1) is 5.52 Å². The molecule has 2 unspecified atom stereocenters. The molecule has 21 heavy (non-hydrogen) atoms. The molecule has 0 amide bonds. The maximum atomic E-state index is 4.96. The fourth-order valence-corrected chi connectivity index (χ4v) is 4.42. The van der Waals surface area contributed by atoms with Crippen LogP contribution in [0.4, 0.5) is 5.82 Å². The van der Waals surface area contributed by atoms with Gasteiger partial charge < -0.3 is 10.2 Å². The van der Waals surface area contributed by atoms with Gasteiger partial charge in [0, 0.05) is 41.1 Å². The second kappa shape index (κ2) is 6.24. The summed E-state index contributed by atoms with van der Waals surface area (Å²) in [6, 6.07) is 10.7. The summed E-state index contributed by atoms with van der Waals surface area (Å²) in [5.74, 6) is 1.15. The fourth-order valence-electron chi connectivity index (χ4n) is 3.09. The number of fused-ring (bicyclic) bond motifs is 1. The molecule has 1 N–H and O–H groups in total. The van der Waals surface area contributed by atoms with Crippen molar-refractivity contribution in [1.82, 2.24) is 10.3 Å². The molecule has 2 atom stereocenters. The Labute approximate surface area is 131 Å². The standard InChI is InChI=1S/C17H23N3S/c1-12-10-20(11-13(2)21-12)17-15(9-18-3)8-14-6-4-5-7-16(14)19-17/h4-8,12-13,18H,9-11H2,1-3H3. The van der Waals surface area contributed by atoms with Crippen molar-refractivity contribution in [2.75, 3.05) is 25.0 Å². The van der Waals surface area contributed by atoms with Crippen LogP contribution < -0.4 is 10.2 Å². The second-order valence-corrected chi connectivity index (χ2v) is 7.74. The Bertz CT molecular complexity index is 618. The van der Waals surface area contributed by atoms with Crippen LogP contribution in [0.5, 0.6) is 0 Å². The lowest BCUT2D eigenvalue weighted by molar-refractivity contribution is 0.708. The van der Waals surface area contributed by atoms with Crippen LogP contribution in [0.2, 0.25) is 0 Å². The van der Waals surface area contributed by atoms with Crippen molar-refractivity contribution in [1.29, 1.82) is 0 Å². The number of aromatic nitrogens is 1. The third-order valence-electron chi connectivity index (χ3n) is 3.87. The number of rotatable bonds is 3. The highest BCUT2D eigenvalue weighted by Crippen LogP contribution is 2.31. The smallest absolute Gasteiger partial charge is 0.133 e. The Morgan fingerprint density at radius 1 is 1.24 bits per heavy atom. The number of anilines is 1. The van der Waals surface area contributed by atoms with E-state index in [1.165, 1.54) is 10.9 Å². The lowest BCUT2D eigenvalue weighted by atomic mass is 10.1. The first-order valence-corrected chi connectivity index (χ1v) is 8.55. The normalized spacial score (nSPS) is 22.7. The number of benzene rings is 1. The molecule has 0 saturated carbocycles. The third kappa shape index (κ3) is 3.16. The minimum absolute atomic E-state index is 0.657. The minimum Gasteiger partial charge on any atom is -0.354 e. The number of nitrogens with zero attached hydrogens (tertiary/aromatic N) is 2. The lowest BCUT2D eigenvalue weighted by Gasteiger charge is -2.36. The summed E-state index contributed by atoms with van der Waals surface area (Å²) in [6.45, 7) is 7.64. The quantitative estimate of drug-likeness (QED) is 0.941. The van der Waals surface area contributed by atoms with Gasteiger partial charge in [-0.15, -0.1) is 0 Å². The molecule has 0 spiro atoms. The largest absolute Gasteiger partial charge is 0.354 e. The molecular weight excluding hydrogens is 278 g/mol.